The van der Waals surface area contributed by atoms with E-state index in [1.807, 2.05) is 43.8 Å². The van der Waals surface area contributed by atoms with Crippen LogP contribution in [0.15, 0.2) is 36.5 Å². The van der Waals surface area contributed by atoms with Gasteiger partial charge in [-0.05, 0) is 31.6 Å². The summed E-state index contributed by atoms with van der Waals surface area (Å²) in [5.41, 5.74) is 4.95. The lowest BCUT2D eigenvalue weighted by Gasteiger charge is -2.12. The van der Waals surface area contributed by atoms with Gasteiger partial charge in [0.1, 0.15) is 0 Å². The Hall–Kier alpha value is -2.38. The van der Waals surface area contributed by atoms with Crippen LogP contribution in [0, 0.1) is 13.8 Å². The fourth-order valence-electron chi connectivity index (χ4n) is 2.74. The van der Waals surface area contributed by atoms with E-state index in [1.165, 1.54) is 5.56 Å². The van der Waals surface area contributed by atoms with E-state index in [1.54, 1.807) is 10.9 Å². The minimum absolute atomic E-state index is 0.497. The molecule has 26 heavy (non-hydrogen) atoms. The summed E-state index contributed by atoms with van der Waals surface area (Å²) in [6.45, 7) is 5.22. The molecule has 0 fully saturated rings. The van der Waals surface area contributed by atoms with Crippen LogP contribution in [0.1, 0.15) is 22.6 Å². The molecule has 0 unspecified atom stereocenters. The highest BCUT2D eigenvalue weighted by Gasteiger charge is 2.13. The number of rotatable bonds is 5. The normalized spacial score (nSPS) is 10.8. The SMILES string of the molecule is Cc1nn(Cc2ccccc2)c(C)c1NC(=S)NCc1c(Cl)cnn1C. The molecule has 0 aliphatic heterocycles. The molecule has 8 heteroatoms. The van der Waals surface area contributed by atoms with Gasteiger partial charge in [0, 0.05) is 7.05 Å². The van der Waals surface area contributed by atoms with E-state index >= 15 is 0 Å². The summed E-state index contributed by atoms with van der Waals surface area (Å²) >= 11 is 11.5. The van der Waals surface area contributed by atoms with Gasteiger partial charge in [0.15, 0.2) is 5.11 Å². The molecule has 136 valence electrons. The van der Waals surface area contributed by atoms with E-state index in [0.717, 1.165) is 29.3 Å². The first-order valence-corrected chi connectivity index (χ1v) is 9.03. The molecule has 6 nitrogen and oxygen atoms in total. The molecule has 3 rings (SSSR count). The van der Waals surface area contributed by atoms with Crippen molar-refractivity contribution in [2.75, 3.05) is 5.32 Å². The molecule has 0 aliphatic carbocycles. The second kappa shape index (κ2) is 7.88. The Balaban J connectivity index is 1.67. The zero-order valence-electron chi connectivity index (χ0n) is 15.0. The van der Waals surface area contributed by atoms with Gasteiger partial charge in [0.05, 0.1) is 47.1 Å². The van der Waals surface area contributed by atoms with Crippen molar-refractivity contribution in [3.63, 3.8) is 0 Å². The number of hydrogen-bond donors (Lipinski definition) is 2. The highest BCUT2D eigenvalue weighted by Crippen LogP contribution is 2.20. The maximum atomic E-state index is 6.12. The molecule has 0 saturated heterocycles. The van der Waals surface area contributed by atoms with Crippen molar-refractivity contribution < 1.29 is 0 Å². The molecule has 0 bridgehead atoms. The van der Waals surface area contributed by atoms with E-state index < -0.39 is 0 Å². The molecule has 0 aliphatic rings. The third kappa shape index (κ3) is 4.05. The van der Waals surface area contributed by atoms with E-state index in [-0.39, 0.29) is 0 Å². The zero-order valence-corrected chi connectivity index (χ0v) is 16.5. The van der Waals surface area contributed by atoms with Gasteiger partial charge in [-0.3, -0.25) is 9.36 Å². The first kappa shape index (κ1) is 18.4. The number of hydrogen-bond acceptors (Lipinski definition) is 3. The van der Waals surface area contributed by atoms with Gasteiger partial charge in [-0.15, -0.1) is 0 Å². The number of nitrogens with one attached hydrogen (secondary N) is 2. The monoisotopic (exact) mass is 388 g/mol. The summed E-state index contributed by atoms with van der Waals surface area (Å²) in [5, 5.41) is 16.3. The van der Waals surface area contributed by atoms with Crippen molar-refractivity contribution in [1.29, 1.82) is 0 Å². The predicted octanol–water partition coefficient (Wildman–Crippen LogP) is 3.42. The first-order valence-electron chi connectivity index (χ1n) is 8.25. The number of thiocarbonyl (C=S) groups is 1. The Bertz CT molecular complexity index is 896. The standard InChI is InChI=1S/C18H21ClN6S/c1-12-17(13(2)25(23-12)11-14-7-5-4-6-8-14)22-18(26)20-10-16-15(19)9-21-24(16)3/h4-9H,10-11H2,1-3H3,(H2,20,22,26). The van der Waals surface area contributed by atoms with Crippen molar-refractivity contribution in [3.8, 4) is 0 Å². The summed E-state index contributed by atoms with van der Waals surface area (Å²) < 4.78 is 3.71. The second-order valence-corrected chi connectivity index (χ2v) is 6.88. The summed E-state index contributed by atoms with van der Waals surface area (Å²) in [6.07, 6.45) is 1.62. The molecule has 0 spiro atoms. The molecule has 1 aromatic carbocycles. The largest absolute Gasteiger partial charge is 0.357 e. The highest BCUT2D eigenvalue weighted by molar-refractivity contribution is 7.80. The van der Waals surface area contributed by atoms with E-state index in [4.69, 9.17) is 23.8 Å². The molecule has 0 saturated carbocycles. The number of benzene rings is 1. The maximum Gasteiger partial charge on any atom is 0.171 e. The van der Waals surface area contributed by atoms with Crippen LogP contribution in [0.5, 0.6) is 0 Å². The van der Waals surface area contributed by atoms with Crippen LogP contribution < -0.4 is 10.6 Å². The van der Waals surface area contributed by atoms with Crippen LogP contribution in [0.2, 0.25) is 5.02 Å². The van der Waals surface area contributed by atoms with E-state index in [2.05, 4.69) is 33.0 Å². The molecule has 2 aromatic heterocycles. The lowest BCUT2D eigenvalue weighted by Crippen LogP contribution is -2.29. The molecule has 2 N–H and O–H groups in total. The van der Waals surface area contributed by atoms with Crippen LogP contribution in [0.4, 0.5) is 5.69 Å². The summed E-state index contributed by atoms with van der Waals surface area (Å²) in [6, 6.07) is 10.3. The molecule has 0 amide bonds. The van der Waals surface area contributed by atoms with Gasteiger partial charge in [-0.1, -0.05) is 41.9 Å². The molecule has 0 atom stereocenters. The number of halogens is 1. The quantitative estimate of drug-likeness (QED) is 0.656. The molecule has 0 radical (unpaired) electrons. The number of nitrogens with zero attached hydrogens (tertiary/aromatic N) is 4. The Morgan fingerprint density at radius 1 is 1.23 bits per heavy atom. The van der Waals surface area contributed by atoms with Crippen molar-refractivity contribution >= 4 is 34.6 Å². The predicted molar refractivity (Wildman–Crippen MR) is 109 cm³/mol. The van der Waals surface area contributed by atoms with Crippen molar-refractivity contribution in [3.05, 3.63) is 64.2 Å². The molecular formula is C18H21ClN6S. The van der Waals surface area contributed by atoms with Crippen LogP contribution in [-0.2, 0) is 20.1 Å². The summed E-state index contributed by atoms with van der Waals surface area (Å²) in [5.74, 6) is 0. The van der Waals surface area contributed by atoms with E-state index in [0.29, 0.717) is 16.7 Å². The lowest BCUT2D eigenvalue weighted by molar-refractivity contribution is 0.659. The van der Waals surface area contributed by atoms with Crippen molar-refractivity contribution in [1.82, 2.24) is 24.9 Å². The summed E-state index contributed by atoms with van der Waals surface area (Å²) in [4.78, 5) is 0. The van der Waals surface area contributed by atoms with Gasteiger partial charge in [-0.25, -0.2) is 0 Å². The van der Waals surface area contributed by atoms with Gasteiger partial charge in [-0.2, -0.15) is 10.2 Å². The Labute approximate surface area is 163 Å². The van der Waals surface area contributed by atoms with Gasteiger partial charge in [0.25, 0.3) is 0 Å². The Morgan fingerprint density at radius 3 is 2.62 bits per heavy atom. The molecule has 3 aromatic rings. The van der Waals surface area contributed by atoms with Crippen molar-refractivity contribution in [2.24, 2.45) is 7.05 Å². The third-order valence-corrected chi connectivity index (χ3v) is 4.78. The Morgan fingerprint density at radius 2 is 1.96 bits per heavy atom. The zero-order chi connectivity index (χ0) is 18.7. The minimum atomic E-state index is 0.497. The van der Waals surface area contributed by atoms with Gasteiger partial charge < -0.3 is 10.6 Å². The average molecular weight is 389 g/mol. The fraction of sp³-hybridized carbons (Fsp3) is 0.278. The molecule has 2 heterocycles. The van der Waals surface area contributed by atoms with Crippen LogP contribution >= 0.6 is 23.8 Å². The lowest BCUT2D eigenvalue weighted by atomic mass is 10.2. The van der Waals surface area contributed by atoms with Crippen LogP contribution in [-0.4, -0.2) is 24.7 Å². The minimum Gasteiger partial charge on any atom is -0.357 e. The Kier molecular flexibility index (Phi) is 5.58. The second-order valence-electron chi connectivity index (χ2n) is 6.06. The smallest absolute Gasteiger partial charge is 0.171 e. The first-order chi connectivity index (χ1) is 12.5. The number of aromatic nitrogens is 4. The van der Waals surface area contributed by atoms with Crippen LogP contribution in [0.3, 0.4) is 0 Å². The average Bonchev–Trinajstić information content (AvgIpc) is 3.07. The third-order valence-electron chi connectivity index (χ3n) is 4.22. The topological polar surface area (TPSA) is 59.7 Å². The number of aryl methyl sites for hydroxylation is 2. The summed E-state index contributed by atoms with van der Waals surface area (Å²) in [7, 11) is 1.85. The highest BCUT2D eigenvalue weighted by atomic mass is 35.5. The maximum absolute atomic E-state index is 6.12. The van der Waals surface area contributed by atoms with E-state index in [9.17, 15) is 0 Å². The van der Waals surface area contributed by atoms with Crippen molar-refractivity contribution in [2.45, 2.75) is 26.9 Å². The van der Waals surface area contributed by atoms with Crippen LogP contribution in [0.25, 0.3) is 0 Å². The van der Waals surface area contributed by atoms with Gasteiger partial charge in [0.2, 0.25) is 0 Å². The van der Waals surface area contributed by atoms with Gasteiger partial charge >= 0.3 is 0 Å². The number of anilines is 1. The molecular weight excluding hydrogens is 368 g/mol. The fourth-order valence-corrected chi connectivity index (χ4v) is 3.15.